The number of hydrogen-bond acceptors (Lipinski definition) is 3. The van der Waals surface area contributed by atoms with Gasteiger partial charge in [0.15, 0.2) is 0 Å². The van der Waals surface area contributed by atoms with Crippen molar-refractivity contribution < 1.29 is 0 Å². The Morgan fingerprint density at radius 3 is 2.89 bits per heavy atom. The number of nitrogens with zero attached hydrogens (tertiary/aromatic N) is 1. The zero-order chi connectivity index (χ0) is 12.8. The minimum atomic E-state index is 0.388. The van der Waals surface area contributed by atoms with Crippen LogP contribution in [0.4, 0.5) is 0 Å². The maximum absolute atomic E-state index is 4.50. The van der Waals surface area contributed by atoms with Gasteiger partial charge in [0.2, 0.25) is 0 Å². The van der Waals surface area contributed by atoms with Crippen molar-refractivity contribution in [2.24, 2.45) is 0 Å². The summed E-state index contributed by atoms with van der Waals surface area (Å²) in [5.41, 5.74) is 2.47. The first-order chi connectivity index (χ1) is 8.81. The first-order valence-electron chi connectivity index (χ1n) is 6.48. The van der Waals surface area contributed by atoms with Crippen molar-refractivity contribution in [2.45, 2.75) is 32.7 Å². The van der Waals surface area contributed by atoms with Crippen LogP contribution in [0.1, 0.15) is 35.5 Å². The lowest BCUT2D eigenvalue weighted by Crippen LogP contribution is -2.24. The van der Waals surface area contributed by atoms with Crippen molar-refractivity contribution in [1.82, 2.24) is 10.3 Å². The summed E-state index contributed by atoms with van der Waals surface area (Å²) in [6, 6.07) is 8.84. The van der Waals surface area contributed by atoms with Gasteiger partial charge in [0.1, 0.15) is 0 Å². The molecule has 0 aromatic carbocycles. The third-order valence-corrected chi connectivity index (χ3v) is 4.03. The van der Waals surface area contributed by atoms with Gasteiger partial charge in [-0.1, -0.05) is 19.1 Å². The summed E-state index contributed by atoms with van der Waals surface area (Å²) in [7, 11) is 0. The normalized spacial score (nSPS) is 12.6. The molecule has 1 N–H and O–H groups in total. The fraction of sp³-hybridized carbons (Fsp3) is 0.400. The lowest BCUT2D eigenvalue weighted by molar-refractivity contribution is 0.530. The molecule has 0 saturated heterocycles. The Kier molecular flexibility index (Phi) is 4.90. The van der Waals surface area contributed by atoms with Gasteiger partial charge in [-0.15, -0.1) is 11.3 Å². The first kappa shape index (κ1) is 13.2. The fourth-order valence-corrected chi connectivity index (χ4v) is 2.81. The molecule has 2 rings (SSSR count). The van der Waals surface area contributed by atoms with Crippen LogP contribution in [0.15, 0.2) is 35.8 Å². The quantitative estimate of drug-likeness (QED) is 0.856. The van der Waals surface area contributed by atoms with Gasteiger partial charge in [-0.05, 0) is 43.0 Å². The molecule has 3 heteroatoms. The average Bonchev–Trinajstić information content (AvgIpc) is 2.90. The van der Waals surface area contributed by atoms with Crippen molar-refractivity contribution in [1.29, 1.82) is 0 Å². The highest BCUT2D eigenvalue weighted by atomic mass is 32.1. The molecule has 0 bridgehead atoms. The molecule has 2 heterocycles. The Hall–Kier alpha value is -1.19. The Bertz CT molecular complexity index is 465. The van der Waals surface area contributed by atoms with Crippen molar-refractivity contribution in [3.8, 4) is 0 Å². The second-order valence-corrected chi connectivity index (χ2v) is 5.47. The molecule has 18 heavy (non-hydrogen) atoms. The molecule has 2 aromatic heterocycles. The zero-order valence-corrected chi connectivity index (χ0v) is 11.8. The average molecular weight is 260 g/mol. The van der Waals surface area contributed by atoms with E-state index >= 15 is 0 Å². The Labute approximate surface area is 113 Å². The monoisotopic (exact) mass is 260 g/mol. The number of rotatable bonds is 6. The van der Waals surface area contributed by atoms with Crippen LogP contribution in [-0.2, 0) is 6.42 Å². The highest BCUT2D eigenvalue weighted by Crippen LogP contribution is 2.23. The third kappa shape index (κ3) is 3.40. The van der Waals surface area contributed by atoms with Crippen LogP contribution in [0.3, 0.4) is 0 Å². The van der Waals surface area contributed by atoms with Gasteiger partial charge < -0.3 is 5.32 Å². The van der Waals surface area contributed by atoms with E-state index in [0.29, 0.717) is 6.04 Å². The van der Waals surface area contributed by atoms with Gasteiger partial charge in [0.25, 0.3) is 0 Å². The van der Waals surface area contributed by atoms with Crippen LogP contribution in [0.2, 0.25) is 0 Å². The Balaban J connectivity index is 2.13. The summed E-state index contributed by atoms with van der Waals surface area (Å²) in [4.78, 5) is 5.90. The van der Waals surface area contributed by atoms with E-state index in [1.807, 2.05) is 23.6 Å². The number of hydrogen-bond donors (Lipinski definition) is 1. The van der Waals surface area contributed by atoms with Gasteiger partial charge >= 0.3 is 0 Å². The van der Waals surface area contributed by atoms with Crippen LogP contribution in [0.25, 0.3) is 0 Å². The van der Waals surface area contributed by atoms with E-state index in [0.717, 1.165) is 19.4 Å². The topological polar surface area (TPSA) is 24.9 Å². The van der Waals surface area contributed by atoms with Gasteiger partial charge in [-0.2, -0.15) is 0 Å². The highest BCUT2D eigenvalue weighted by Gasteiger charge is 2.14. The van der Waals surface area contributed by atoms with Crippen LogP contribution in [0, 0.1) is 6.92 Å². The van der Waals surface area contributed by atoms with Crippen LogP contribution >= 0.6 is 11.3 Å². The molecular formula is C15H20N2S. The molecule has 0 radical (unpaired) electrons. The second kappa shape index (κ2) is 6.66. The molecule has 2 aromatic rings. The minimum absolute atomic E-state index is 0.388. The molecule has 1 unspecified atom stereocenters. The van der Waals surface area contributed by atoms with Crippen LogP contribution < -0.4 is 5.32 Å². The lowest BCUT2D eigenvalue weighted by atomic mass is 10.1. The van der Waals surface area contributed by atoms with Crippen LogP contribution in [-0.4, -0.2) is 11.5 Å². The SMILES string of the molecule is CCCNC(Cc1ncccc1C)c1cccs1. The van der Waals surface area contributed by atoms with Crippen molar-refractivity contribution >= 4 is 11.3 Å². The standard InChI is InChI=1S/C15H20N2S/c1-3-8-16-14(15-7-5-10-18-15)11-13-12(2)6-4-9-17-13/h4-7,9-10,14,16H,3,8,11H2,1-2H3. The summed E-state index contributed by atoms with van der Waals surface area (Å²) in [6.07, 6.45) is 4.00. The molecule has 1 atom stereocenters. The van der Waals surface area contributed by atoms with Gasteiger partial charge in [-0.3, -0.25) is 4.98 Å². The Morgan fingerprint density at radius 2 is 2.22 bits per heavy atom. The molecule has 0 aliphatic carbocycles. The summed E-state index contributed by atoms with van der Waals surface area (Å²) >= 11 is 1.82. The van der Waals surface area contributed by atoms with E-state index < -0.39 is 0 Å². The maximum atomic E-state index is 4.50. The van der Waals surface area contributed by atoms with Gasteiger partial charge in [0, 0.05) is 29.2 Å². The second-order valence-electron chi connectivity index (χ2n) is 4.49. The smallest absolute Gasteiger partial charge is 0.0470 e. The molecule has 0 aliphatic heterocycles. The largest absolute Gasteiger partial charge is 0.309 e. The number of pyridine rings is 1. The predicted octanol–water partition coefficient (Wildman–Crippen LogP) is 3.73. The third-order valence-electron chi connectivity index (χ3n) is 3.04. The minimum Gasteiger partial charge on any atom is -0.309 e. The number of aryl methyl sites for hydroxylation is 1. The summed E-state index contributed by atoms with van der Waals surface area (Å²) in [6.45, 7) is 5.38. The summed E-state index contributed by atoms with van der Waals surface area (Å²) in [5.74, 6) is 0. The van der Waals surface area contributed by atoms with Gasteiger partial charge in [0.05, 0.1) is 0 Å². The predicted molar refractivity (Wildman–Crippen MR) is 78.0 cm³/mol. The molecule has 2 nitrogen and oxygen atoms in total. The molecule has 0 aliphatic rings. The maximum Gasteiger partial charge on any atom is 0.0470 e. The summed E-state index contributed by atoms with van der Waals surface area (Å²) in [5, 5.41) is 5.76. The van der Waals surface area contributed by atoms with E-state index in [2.05, 4.69) is 47.7 Å². The first-order valence-corrected chi connectivity index (χ1v) is 7.36. The molecule has 0 spiro atoms. The molecule has 0 saturated carbocycles. The molecule has 96 valence electrons. The van der Waals surface area contributed by atoms with Crippen molar-refractivity contribution in [3.05, 3.63) is 52.0 Å². The van der Waals surface area contributed by atoms with E-state index in [-0.39, 0.29) is 0 Å². The zero-order valence-electron chi connectivity index (χ0n) is 11.0. The lowest BCUT2D eigenvalue weighted by Gasteiger charge is -2.17. The van der Waals surface area contributed by atoms with E-state index in [1.54, 1.807) is 0 Å². The number of thiophene rings is 1. The van der Waals surface area contributed by atoms with Gasteiger partial charge in [-0.25, -0.2) is 0 Å². The number of aromatic nitrogens is 1. The van der Waals surface area contributed by atoms with E-state index in [1.165, 1.54) is 16.1 Å². The Morgan fingerprint density at radius 1 is 1.33 bits per heavy atom. The van der Waals surface area contributed by atoms with Crippen molar-refractivity contribution in [2.75, 3.05) is 6.54 Å². The highest BCUT2D eigenvalue weighted by molar-refractivity contribution is 7.10. The fourth-order valence-electron chi connectivity index (χ4n) is 2.01. The molecule has 0 amide bonds. The molecular weight excluding hydrogens is 240 g/mol. The van der Waals surface area contributed by atoms with E-state index in [9.17, 15) is 0 Å². The summed E-state index contributed by atoms with van der Waals surface area (Å²) < 4.78 is 0. The van der Waals surface area contributed by atoms with Crippen molar-refractivity contribution in [3.63, 3.8) is 0 Å². The number of nitrogens with one attached hydrogen (secondary N) is 1. The molecule has 0 fully saturated rings. The van der Waals surface area contributed by atoms with E-state index in [4.69, 9.17) is 0 Å². The van der Waals surface area contributed by atoms with Crippen LogP contribution in [0.5, 0.6) is 0 Å².